The lowest BCUT2D eigenvalue weighted by Gasteiger charge is -2.34. The average molecular weight is 440 g/mol. The maximum atomic E-state index is 13.3. The quantitative estimate of drug-likeness (QED) is 0.536. The van der Waals surface area contributed by atoms with Gasteiger partial charge < -0.3 is 14.5 Å². The zero-order chi connectivity index (χ0) is 22.6. The Kier molecular flexibility index (Phi) is 6.57. The molecule has 0 saturated carbocycles. The first kappa shape index (κ1) is 22.3. The molecule has 0 N–H and O–H groups in total. The van der Waals surface area contributed by atoms with Gasteiger partial charge in [-0.15, -0.1) is 13.2 Å². The van der Waals surface area contributed by atoms with Crippen LogP contribution in [0.5, 0.6) is 5.75 Å². The van der Waals surface area contributed by atoms with E-state index in [4.69, 9.17) is 0 Å². The second kappa shape index (κ2) is 9.15. The highest BCUT2D eigenvalue weighted by atomic mass is 19.4. The number of carbonyl (C=O) groups is 2. The molecular weight excluding hydrogens is 423 g/mol. The Morgan fingerprint density at radius 3 is 2.06 bits per heavy atom. The topological polar surface area (TPSA) is 49.9 Å². The molecule has 2 aromatic rings. The molecule has 10 heteroatoms. The Bertz CT molecular complexity index is 981. The van der Waals surface area contributed by atoms with E-state index in [2.05, 4.69) is 4.74 Å². The largest absolute Gasteiger partial charge is 0.573 e. The van der Waals surface area contributed by atoms with Crippen molar-refractivity contribution < 1.29 is 36.3 Å². The third kappa shape index (κ3) is 6.03. The standard InChI is InChI=1S/C21H17F5N2O3/c22-17-7-4-15(13-18(17)23)20(30)28-11-9-27(10-12-28)19(29)8-3-14-1-5-16(6-2-14)31-21(24,25)26/h1-8,13H,9-12H2/b8-3+. The van der Waals surface area contributed by atoms with Gasteiger partial charge in [0.15, 0.2) is 11.6 Å². The smallest absolute Gasteiger partial charge is 0.406 e. The number of nitrogens with zero attached hydrogens (tertiary/aromatic N) is 2. The normalized spacial score (nSPS) is 14.7. The third-order valence-corrected chi connectivity index (χ3v) is 4.58. The molecular formula is C21H17F5N2O3. The summed E-state index contributed by atoms with van der Waals surface area (Å²) in [7, 11) is 0. The minimum absolute atomic E-state index is 0.0246. The van der Waals surface area contributed by atoms with E-state index in [0.29, 0.717) is 5.56 Å². The Labute approximate surface area is 174 Å². The SMILES string of the molecule is O=C(/C=C/c1ccc(OC(F)(F)F)cc1)N1CCN(C(=O)c2ccc(F)c(F)c2)CC1. The summed E-state index contributed by atoms with van der Waals surface area (Å²) in [6, 6.07) is 7.96. The number of carbonyl (C=O) groups excluding carboxylic acids is 2. The van der Waals surface area contributed by atoms with Crippen LogP contribution >= 0.6 is 0 Å². The minimum atomic E-state index is -4.78. The van der Waals surface area contributed by atoms with Crippen LogP contribution in [0.4, 0.5) is 22.0 Å². The highest BCUT2D eigenvalue weighted by molar-refractivity contribution is 5.95. The zero-order valence-electron chi connectivity index (χ0n) is 16.0. The first-order valence-electron chi connectivity index (χ1n) is 9.19. The highest BCUT2D eigenvalue weighted by Crippen LogP contribution is 2.23. The summed E-state index contributed by atoms with van der Waals surface area (Å²) in [5.74, 6) is -3.29. The average Bonchev–Trinajstić information content (AvgIpc) is 2.73. The first-order valence-corrected chi connectivity index (χ1v) is 9.19. The molecule has 1 saturated heterocycles. The molecule has 1 heterocycles. The van der Waals surface area contributed by atoms with Crippen molar-refractivity contribution in [2.24, 2.45) is 0 Å². The lowest BCUT2D eigenvalue weighted by Crippen LogP contribution is -2.50. The lowest BCUT2D eigenvalue weighted by atomic mass is 10.1. The van der Waals surface area contributed by atoms with E-state index in [1.165, 1.54) is 40.2 Å². The molecule has 3 rings (SSSR count). The predicted molar refractivity (Wildman–Crippen MR) is 101 cm³/mol. The number of piperazine rings is 1. The number of alkyl halides is 3. The summed E-state index contributed by atoms with van der Waals surface area (Å²) in [5.41, 5.74) is 0.534. The molecule has 31 heavy (non-hydrogen) atoms. The molecule has 0 bridgehead atoms. The van der Waals surface area contributed by atoms with Gasteiger partial charge in [0.25, 0.3) is 5.91 Å². The van der Waals surface area contributed by atoms with Crippen LogP contribution in [0.1, 0.15) is 15.9 Å². The highest BCUT2D eigenvalue weighted by Gasteiger charge is 2.31. The molecule has 1 aliphatic rings. The zero-order valence-corrected chi connectivity index (χ0v) is 16.0. The van der Waals surface area contributed by atoms with Gasteiger partial charge in [-0.05, 0) is 42.0 Å². The molecule has 164 valence electrons. The summed E-state index contributed by atoms with van der Waals surface area (Å²) in [6.07, 6.45) is -2.04. The van der Waals surface area contributed by atoms with Crippen molar-refractivity contribution >= 4 is 17.9 Å². The first-order chi connectivity index (χ1) is 14.6. The van der Waals surface area contributed by atoms with Crippen molar-refractivity contribution in [1.82, 2.24) is 9.80 Å². The fraction of sp³-hybridized carbons (Fsp3) is 0.238. The molecule has 1 aliphatic heterocycles. The monoisotopic (exact) mass is 440 g/mol. The van der Waals surface area contributed by atoms with E-state index in [1.807, 2.05) is 0 Å². The van der Waals surface area contributed by atoms with Crippen LogP contribution in [0.2, 0.25) is 0 Å². The van der Waals surface area contributed by atoms with Crippen molar-refractivity contribution in [3.05, 3.63) is 71.3 Å². The molecule has 0 unspecified atom stereocenters. The molecule has 0 aromatic heterocycles. The predicted octanol–water partition coefficient (Wildman–Crippen LogP) is 3.86. The number of halogens is 5. The van der Waals surface area contributed by atoms with Gasteiger partial charge in [-0.1, -0.05) is 12.1 Å². The van der Waals surface area contributed by atoms with Gasteiger partial charge in [0.2, 0.25) is 5.91 Å². The summed E-state index contributed by atoms with van der Waals surface area (Å²) in [6.45, 7) is 0.940. The Morgan fingerprint density at radius 1 is 0.871 bits per heavy atom. The fourth-order valence-corrected chi connectivity index (χ4v) is 3.00. The minimum Gasteiger partial charge on any atom is -0.406 e. The van der Waals surface area contributed by atoms with Gasteiger partial charge in [0.1, 0.15) is 5.75 Å². The van der Waals surface area contributed by atoms with Gasteiger partial charge in [0, 0.05) is 37.8 Å². The molecule has 0 spiro atoms. The van der Waals surface area contributed by atoms with Gasteiger partial charge in [-0.2, -0.15) is 0 Å². The van der Waals surface area contributed by atoms with Crippen LogP contribution in [0.3, 0.4) is 0 Å². The van der Waals surface area contributed by atoms with Crippen LogP contribution in [0.15, 0.2) is 48.5 Å². The molecule has 0 aliphatic carbocycles. The van der Waals surface area contributed by atoms with Crippen LogP contribution in [-0.4, -0.2) is 54.2 Å². The summed E-state index contributed by atoms with van der Waals surface area (Å²) < 4.78 is 66.6. The van der Waals surface area contributed by atoms with E-state index in [1.54, 1.807) is 0 Å². The number of rotatable bonds is 4. The van der Waals surface area contributed by atoms with E-state index in [-0.39, 0.29) is 43.4 Å². The van der Waals surface area contributed by atoms with Crippen molar-refractivity contribution in [2.75, 3.05) is 26.2 Å². The molecule has 5 nitrogen and oxygen atoms in total. The van der Waals surface area contributed by atoms with E-state index in [0.717, 1.165) is 24.3 Å². The Morgan fingerprint density at radius 2 is 1.48 bits per heavy atom. The van der Waals surface area contributed by atoms with Crippen LogP contribution < -0.4 is 4.74 Å². The molecule has 1 fully saturated rings. The molecule has 0 radical (unpaired) electrons. The number of hydrogen-bond donors (Lipinski definition) is 0. The Balaban J connectivity index is 1.53. The fourth-order valence-electron chi connectivity index (χ4n) is 3.00. The second-order valence-electron chi connectivity index (χ2n) is 6.70. The molecule has 2 amide bonds. The van der Waals surface area contributed by atoms with Gasteiger partial charge >= 0.3 is 6.36 Å². The number of hydrogen-bond acceptors (Lipinski definition) is 3. The summed E-state index contributed by atoms with van der Waals surface area (Å²) in [5, 5.41) is 0. The molecule has 0 atom stereocenters. The number of ether oxygens (including phenoxy) is 1. The maximum absolute atomic E-state index is 13.3. The van der Waals surface area contributed by atoms with E-state index >= 15 is 0 Å². The maximum Gasteiger partial charge on any atom is 0.573 e. The third-order valence-electron chi connectivity index (χ3n) is 4.58. The van der Waals surface area contributed by atoms with Crippen molar-refractivity contribution in [2.45, 2.75) is 6.36 Å². The van der Waals surface area contributed by atoms with Gasteiger partial charge in [0.05, 0.1) is 0 Å². The van der Waals surface area contributed by atoms with E-state index < -0.39 is 23.9 Å². The number of amides is 2. The summed E-state index contributed by atoms with van der Waals surface area (Å²) in [4.78, 5) is 27.7. The number of benzene rings is 2. The van der Waals surface area contributed by atoms with Gasteiger partial charge in [-0.3, -0.25) is 9.59 Å². The lowest BCUT2D eigenvalue weighted by molar-refractivity contribution is -0.274. The summed E-state index contributed by atoms with van der Waals surface area (Å²) >= 11 is 0. The van der Waals surface area contributed by atoms with Crippen molar-refractivity contribution in [3.8, 4) is 5.75 Å². The van der Waals surface area contributed by atoms with Crippen molar-refractivity contribution in [1.29, 1.82) is 0 Å². The van der Waals surface area contributed by atoms with Crippen molar-refractivity contribution in [3.63, 3.8) is 0 Å². The van der Waals surface area contributed by atoms with Crippen LogP contribution in [-0.2, 0) is 4.79 Å². The Hall–Kier alpha value is -3.43. The van der Waals surface area contributed by atoms with Crippen LogP contribution in [0.25, 0.3) is 6.08 Å². The van der Waals surface area contributed by atoms with E-state index in [9.17, 15) is 31.5 Å². The van der Waals surface area contributed by atoms with Gasteiger partial charge in [-0.25, -0.2) is 8.78 Å². The second-order valence-corrected chi connectivity index (χ2v) is 6.70. The van der Waals surface area contributed by atoms with Crippen LogP contribution in [0, 0.1) is 11.6 Å². The molecule has 2 aromatic carbocycles.